The number of fused-ring (bicyclic) bond motifs is 1. The predicted octanol–water partition coefficient (Wildman–Crippen LogP) is 7.49. The van der Waals surface area contributed by atoms with Crippen LogP contribution in [0.25, 0.3) is 15.7 Å². The maximum atomic E-state index is 13.8. The van der Waals surface area contributed by atoms with Crippen molar-refractivity contribution in [2.45, 2.75) is 57.3 Å². The second-order valence-electron chi connectivity index (χ2n) is 10.1. The molecule has 172 valence electrons. The van der Waals surface area contributed by atoms with Gasteiger partial charge in [-0.25, -0.2) is 0 Å². The lowest BCUT2D eigenvalue weighted by atomic mass is 9.69. The smallest absolute Gasteiger partial charge is 0.146 e. The van der Waals surface area contributed by atoms with Crippen LogP contribution in [0, 0.1) is 5.92 Å². The fraction of sp³-hybridized carbons (Fsp3) is 0.433. The van der Waals surface area contributed by atoms with Crippen LogP contribution in [0.5, 0.6) is 0 Å². The molecule has 1 aromatic heterocycles. The van der Waals surface area contributed by atoms with E-state index in [1.54, 1.807) is 0 Å². The Labute approximate surface area is 202 Å². The van der Waals surface area contributed by atoms with Crippen molar-refractivity contribution < 1.29 is 4.79 Å². The third-order valence-corrected chi connectivity index (χ3v) is 9.09. The van der Waals surface area contributed by atoms with Gasteiger partial charge >= 0.3 is 0 Å². The third-order valence-electron chi connectivity index (χ3n) is 7.89. The van der Waals surface area contributed by atoms with Crippen LogP contribution in [-0.4, -0.2) is 30.3 Å². The molecule has 2 heterocycles. The van der Waals surface area contributed by atoms with Gasteiger partial charge in [0.1, 0.15) is 5.78 Å². The number of Topliss-reactive ketones (excluding diaryl/α,β-unsaturated/α-hetero) is 1. The molecule has 1 atom stereocenters. The molecule has 0 spiro atoms. The maximum Gasteiger partial charge on any atom is 0.146 e. The summed E-state index contributed by atoms with van der Waals surface area (Å²) >= 11 is 1.91. The van der Waals surface area contributed by atoms with Gasteiger partial charge in [-0.05, 0) is 67.8 Å². The van der Waals surface area contributed by atoms with Crippen LogP contribution < -0.4 is 0 Å². The molecule has 1 fully saturated rings. The molecule has 3 aromatic rings. The summed E-state index contributed by atoms with van der Waals surface area (Å²) in [5.41, 5.74) is 2.29. The SMILES string of the molecule is CC(CCN1CC=C(c2cc3ccccc3s2)CC1)(C(=O)C1CCCCC1)c1ccccc1. The van der Waals surface area contributed by atoms with Gasteiger partial charge in [-0.15, -0.1) is 11.3 Å². The van der Waals surface area contributed by atoms with Gasteiger partial charge in [-0.2, -0.15) is 0 Å². The van der Waals surface area contributed by atoms with E-state index in [1.165, 1.54) is 45.4 Å². The van der Waals surface area contributed by atoms with Gasteiger partial charge in [0.05, 0.1) is 5.41 Å². The van der Waals surface area contributed by atoms with Crippen LogP contribution >= 0.6 is 11.3 Å². The molecule has 2 nitrogen and oxygen atoms in total. The van der Waals surface area contributed by atoms with Gasteiger partial charge < -0.3 is 0 Å². The summed E-state index contributed by atoms with van der Waals surface area (Å²) in [6.45, 7) is 5.23. The summed E-state index contributed by atoms with van der Waals surface area (Å²) in [5.74, 6) is 0.719. The van der Waals surface area contributed by atoms with Gasteiger partial charge in [0.2, 0.25) is 0 Å². The first-order chi connectivity index (χ1) is 16.1. The molecule has 2 aromatic carbocycles. The molecule has 1 aliphatic carbocycles. The molecular formula is C30H35NOS. The Morgan fingerprint density at radius 2 is 1.79 bits per heavy atom. The first kappa shape index (κ1) is 22.6. The zero-order chi connectivity index (χ0) is 22.7. The standard InChI is InChI=1S/C30H35NOS/c1-30(26-13-6-3-7-14-26,29(32)24-10-4-2-5-11-24)18-21-31-19-16-23(17-20-31)28-22-25-12-8-9-15-27(25)33-28/h3,6-9,12-16,22,24H,2,4-5,10-11,17-21H2,1H3. The lowest BCUT2D eigenvalue weighted by molar-refractivity contribution is -0.129. The Morgan fingerprint density at radius 3 is 2.52 bits per heavy atom. The largest absolute Gasteiger partial charge is 0.299 e. The molecule has 0 amide bonds. The average molecular weight is 458 g/mol. The van der Waals surface area contributed by atoms with Gasteiger partial charge in [0, 0.05) is 28.6 Å². The molecule has 2 aliphatic rings. The van der Waals surface area contributed by atoms with Gasteiger partial charge in [-0.3, -0.25) is 9.69 Å². The summed E-state index contributed by atoms with van der Waals surface area (Å²) in [6.07, 6.45) is 10.3. The van der Waals surface area contributed by atoms with Crippen molar-refractivity contribution in [1.29, 1.82) is 0 Å². The zero-order valence-corrected chi connectivity index (χ0v) is 20.6. The quantitative estimate of drug-likeness (QED) is 0.366. The molecule has 0 N–H and O–H groups in total. The summed E-state index contributed by atoms with van der Waals surface area (Å²) in [5, 5.41) is 1.35. The Morgan fingerprint density at radius 1 is 1.03 bits per heavy atom. The van der Waals surface area contributed by atoms with E-state index in [0.717, 1.165) is 45.3 Å². The molecule has 1 saturated carbocycles. The van der Waals surface area contributed by atoms with Crippen molar-refractivity contribution in [2.24, 2.45) is 5.92 Å². The topological polar surface area (TPSA) is 20.3 Å². The second-order valence-corrected chi connectivity index (χ2v) is 11.2. The number of benzene rings is 2. The average Bonchev–Trinajstić information content (AvgIpc) is 3.32. The molecular weight excluding hydrogens is 422 g/mol. The monoisotopic (exact) mass is 457 g/mol. The van der Waals surface area contributed by atoms with Crippen molar-refractivity contribution in [2.75, 3.05) is 19.6 Å². The number of rotatable bonds is 7. The number of nitrogens with zero attached hydrogens (tertiary/aromatic N) is 1. The van der Waals surface area contributed by atoms with Crippen molar-refractivity contribution in [3.05, 3.63) is 77.2 Å². The van der Waals surface area contributed by atoms with E-state index in [4.69, 9.17) is 0 Å². The summed E-state index contributed by atoms with van der Waals surface area (Å²) in [6, 6.07) is 21.6. The third kappa shape index (κ3) is 4.85. The fourth-order valence-electron chi connectivity index (χ4n) is 5.69. The summed E-state index contributed by atoms with van der Waals surface area (Å²) in [7, 11) is 0. The van der Waals surface area contributed by atoms with E-state index >= 15 is 0 Å². The highest BCUT2D eigenvalue weighted by molar-refractivity contribution is 7.20. The highest BCUT2D eigenvalue weighted by Gasteiger charge is 2.39. The lowest BCUT2D eigenvalue weighted by Crippen LogP contribution is -2.42. The van der Waals surface area contributed by atoms with Gasteiger partial charge in [0.15, 0.2) is 0 Å². The van der Waals surface area contributed by atoms with E-state index in [2.05, 4.69) is 78.6 Å². The fourth-order valence-corrected chi connectivity index (χ4v) is 6.82. The van der Waals surface area contributed by atoms with E-state index in [0.29, 0.717) is 5.78 Å². The number of hydrogen-bond donors (Lipinski definition) is 0. The second kappa shape index (κ2) is 9.95. The van der Waals surface area contributed by atoms with E-state index in [1.807, 2.05) is 11.3 Å². The normalized spacial score (nSPS) is 19.8. The van der Waals surface area contributed by atoms with E-state index in [9.17, 15) is 4.79 Å². The zero-order valence-electron chi connectivity index (χ0n) is 19.8. The van der Waals surface area contributed by atoms with Crippen LogP contribution in [-0.2, 0) is 10.2 Å². The molecule has 5 rings (SSSR count). The van der Waals surface area contributed by atoms with Crippen molar-refractivity contribution in [3.8, 4) is 0 Å². The lowest BCUT2D eigenvalue weighted by Gasteiger charge is -2.36. The number of hydrogen-bond acceptors (Lipinski definition) is 3. The van der Waals surface area contributed by atoms with Crippen molar-refractivity contribution in [3.63, 3.8) is 0 Å². The first-order valence-electron chi connectivity index (χ1n) is 12.6. The van der Waals surface area contributed by atoms with E-state index < -0.39 is 5.41 Å². The summed E-state index contributed by atoms with van der Waals surface area (Å²) in [4.78, 5) is 17.7. The van der Waals surface area contributed by atoms with Crippen molar-refractivity contribution >= 4 is 32.8 Å². The minimum Gasteiger partial charge on any atom is -0.299 e. The molecule has 1 aliphatic heterocycles. The van der Waals surface area contributed by atoms with Crippen LogP contribution in [0.2, 0.25) is 0 Å². The number of ketones is 1. The minimum atomic E-state index is -0.390. The van der Waals surface area contributed by atoms with Gasteiger partial charge in [0.25, 0.3) is 0 Å². The Hall–Kier alpha value is -2.23. The maximum absolute atomic E-state index is 13.8. The Balaban J connectivity index is 1.28. The van der Waals surface area contributed by atoms with Crippen LogP contribution in [0.15, 0.2) is 66.7 Å². The molecule has 0 saturated heterocycles. The molecule has 1 unspecified atom stereocenters. The molecule has 3 heteroatoms. The minimum absolute atomic E-state index is 0.241. The number of thiophene rings is 1. The predicted molar refractivity (Wildman–Crippen MR) is 141 cm³/mol. The van der Waals surface area contributed by atoms with Crippen LogP contribution in [0.1, 0.15) is 62.3 Å². The highest BCUT2D eigenvalue weighted by Crippen LogP contribution is 2.38. The Kier molecular flexibility index (Phi) is 6.80. The van der Waals surface area contributed by atoms with Crippen molar-refractivity contribution in [1.82, 2.24) is 4.90 Å². The van der Waals surface area contributed by atoms with E-state index in [-0.39, 0.29) is 5.92 Å². The number of carbonyl (C=O) groups is 1. The molecule has 0 radical (unpaired) electrons. The van der Waals surface area contributed by atoms with Gasteiger partial charge in [-0.1, -0.05) is 73.9 Å². The first-order valence-corrected chi connectivity index (χ1v) is 13.5. The molecule has 33 heavy (non-hydrogen) atoms. The van der Waals surface area contributed by atoms with Crippen LogP contribution in [0.4, 0.5) is 0 Å². The highest BCUT2D eigenvalue weighted by atomic mass is 32.1. The van der Waals surface area contributed by atoms with Crippen LogP contribution in [0.3, 0.4) is 0 Å². The Bertz CT molecular complexity index is 1090. The summed E-state index contributed by atoms with van der Waals surface area (Å²) < 4.78 is 1.37. The molecule has 0 bridgehead atoms. The number of carbonyl (C=O) groups excluding carboxylic acids is 1.